The van der Waals surface area contributed by atoms with Crippen molar-refractivity contribution in [3.8, 4) is 11.5 Å². The Balaban J connectivity index is 1.96. The van der Waals surface area contributed by atoms with Crippen molar-refractivity contribution in [3.63, 3.8) is 0 Å². The lowest BCUT2D eigenvalue weighted by Crippen LogP contribution is -2.36. The molecule has 3 rings (SSSR count). The molecule has 0 spiro atoms. The summed E-state index contributed by atoms with van der Waals surface area (Å²) in [6.07, 6.45) is 0.491. The van der Waals surface area contributed by atoms with Crippen molar-refractivity contribution >= 4 is 27.3 Å². The van der Waals surface area contributed by atoms with Gasteiger partial charge >= 0.3 is 0 Å². The summed E-state index contributed by atoms with van der Waals surface area (Å²) >= 11 is 5.78. The number of ether oxygens (including phenoxy) is 2. The van der Waals surface area contributed by atoms with Crippen molar-refractivity contribution in [3.05, 3.63) is 56.6 Å². The van der Waals surface area contributed by atoms with E-state index in [0.717, 1.165) is 17.2 Å². The van der Waals surface area contributed by atoms with Crippen LogP contribution in [0.1, 0.15) is 11.1 Å². The quantitative estimate of drug-likeness (QED) is 0.553. The summed E-state index contributed by atoms with van der Waals surface area (Å²) in [6.45, 7) is 0.385. The number of nitrogens with zero attached hydrogens (tertiary/aromatic N) is 2. The summed E-state index contributed by atoms with van der Waals surface area (Å²) in [5.41, 5.74) is 1.33. The Hall–Kier alpha value is -2.36. The number of benzene rings is 2. The molecule has 0 unspecified atom stereocenters. The zero-order chi connectivity index (χ0) is 19.8. The predicted molar refractivity (Wildman–Crippen MR) is 99.0 cm³/mol. The predicted octanol–water partition coefficient (Wildman–Crippen LogP) is 3.01. The fraction of sp³-hybridized carbons (Fsp3) is 0.294. The molecule has 0 saturated carbocycles. The summed E-state index contributed by atoms with van der Waals surface area (Å²) in [6, 6.07) is 7.07. The number of methoxy groups -OCH3 is 2. The van der Waals surface area contributed by atoms with Crippen LogP contribution < -0.4 is 9.47 Å². The smallest absolute Gasteiger partial charge is 0.289 e. The van der Waals surface area contributed by atoms with Gasteiger partial charge in [-0.05, 0) is 41.8 Å². The first-order valence-electron chi connectivity index (χ1n) is 7.95. The van der Waals surface area contributed by atoms with Crippen LogP contribution in [0.3, 0.4) is 0 Å². The average molecular weight is 413 g/mol. The van der Waals surface area contributed by atoms with Gasteiger partial charge in [0.15, 0.2) is 11.5 Å². The number of nitro groups is 1. The maximum absolute atomic E-state index is 13.0. The molecular weight excluding hydrogens is 396 g/mol. The Bertz CT molecular complexity index is 1010. The van der Waals surface area contributed by atoms with Crippen LogP contribution in [0.5, 0.6) is 11.5 Å². The van der Waals surface area contributed by atoms with E-state index in [-0.39, 0.29) is 23.0 Å². The maximum Gasteiger partial charge on any atom is 0.289 e. The van der Waals surface area contributed by atoms with Crippen LogP contribution in [0, 0.1) is 10.1 Å². The van der Waals surface area contributed by atoms with Crippen molar-refractivity contribution in [2.45, 2.75) is 17.9 Å². The van der Waals surface area contributed by atoms with E-state index in [0.29, 0.717) is 17.9 Å². The second kappa shape index (κ2) is 7.34. The van der Waals surface area contributed by atoms with Gasteiger partial charge in [0, 0.05) is 19.2 Å². The molecule has 0 aliphatic carbocycles. The Labute approximate surface area is 161 Å². The van der Waals surface area contributed by atoms with E-state index in [1.807, 2.05) is 6.07 Å². The van der Waals surface area contributed by atoms with Crippen molar-refractivity contribution in [2.24, 2.45) is 0 Å². The molecule has 0 amide bonds. The Morgan fingerprint density at radius 2 is 1.74 bits per heavy atom. The molecule has 0 fully saturated rings. The third kappa shape index (κ3) is 3.58. The van der Waals surface area contributed by atoms with Gasteiger partial charge in [-0.15, -0.1) is 0 Å². The monoisotopic (exact) mass is 412 g/mol. The number of hydrogen-bond acceptors (Lipinski definition) is 6. The summed E-state index contributed by atoms with van der Waals surface area (Å²) in [4.78, 5) is 10.2. The largest absolute Gasteiger partial charge is 0.493 e. The zero-order valence-corrected chi connectivity index (χ0v) is 16.2. The first-order valence-corrected chi connectivity index (χ1v) is 9.77. The van der Waals surface area contributed by atoms with E-state index in [9.17, 15) is 18.5 Å². The topological polar surface area (TPSA) is 99.0 Å². The Kier molecular flexibility index (Phi) is 5.27. The van der Waals surface area contributed by atoms with Crippen molar-refractivity contribution < 1.29 is 22.8 Å². The minimum atomic E-state index is -3.91. The van der Waals surface area contributed by atoms with Crippen molar-refractivity contribution in [1.82, 2.24) is 4.31 Å². The summed E-state index contributed by atoms with van der Waals surface area (Å²) in [5.74, 6) is 1.10. The zero-order valence-electron chi connectivity index (χ0n) is 14.6. The SMILES string of the molecule is COc1cc2c(cc1OC)CN(S(=O)(=O)c1ccc(Cl)c([N+](=O)[O-])c1)CC2. The highest BCUT2D eigenvalue weighted by molar-refractivity contribution is 7.89. The number of rotatable bonds is 5. The van der Waals surface area contributed by atoms with Crippen LogP contribution in [0.15, 0.2) is 35.2 Å². The molecule has 27 heavy (non-hydrogen) atoms. The first kappa shape index (κ1) is 19.4. The average Bonchev–Trinajstić information content (AvgIpc) is 2.66. The van der Waals surface area contributed by atoms with Crippen LogP contribution >= 0.6 is 11.6 Å². The number of halogens is 1. The van der Waals surface area contributed by atoms with Crippen LogP contribution in [-0.4, -0.2) is 38.4 Å². The van der Waals surface area contributed by atoms with Gasteiger partial charge in [-0.3, -0.25) is 10.1 Å². The molecule has 0 atom stereocenters. The maximum atomic E-state index is 13.0. The summed E-state index contributed by atoms with van der Waals surface area (Å²) in [5, 5.41) is 10.9. The molecule has 0 saturated heterocycles. The highest BCUT2D eigenvalue weighted by Crippen LogP contribution is 2.35. The van der Waals surface area contributed by atoms with Crippen molar-refractivity contribution in [2.75, 3.05) is 20.8 Å². The molecule has 10 heteroatoms. The molecular formula is C17H17ClN2O6S. The third-order valence-corrected chi connectivity index (χ3v) is 6.60. The molecule has 144 valence electrons. The minimum absolute atomic E-state index is 0.111. The van der Waals surface area contributed by atoms with Gasteiger partial charge in [0.1, 0.15) is 5.02 Å². The van der Waals surface area contributed by atoms with Crippen molar-refractivity contribution in [1.29, 1.82) is 0 Å². The lowest BCUT2D eigenvalue weighted by molar-refractivity contribution is -0.384. The standard InChI is InChI=1S/C17H17ClN2O6S/c1-25-16-7-11-5-6-19(10-12(11)8-17(16)26-2)27(23,24)13-3-4-14(18)15(9-13)20(21)22/h3-4,7-9H,5-6,10H2,1-2H3. The van der Waals surface area contributed by atoms with Gasteiger partial charge in [-0.1, -0.05) is 11.6 Å². The lowest BCUT2D eigenvalue weighted by Gasteiger charge is -2.28. The molecule has 2 aromatic carbocycles. The first-order chi connectivity index (χ1) is 12.8. The molecule has 0 aromatic heterocycles. The second-order valence-corrected chi connectivity index (χ2v) is 8.28. The molecule has 0 N–H and O–H groups in total. The van der Waals surface area contributed by atoms with Gasteiger partial charge < -0.3 is 9.47 Å². The highest BCUT2D eigenvalue weighted by Gasteiger charge is 2.31. The Morgan fingerprint density at radius 3 is 2.33 bits per heavy atom. The van der Waals surface area contributed by atoms with Gasteiger partial charge in [0.05, 0.1) is 24.0 Å². The molecule has 0 bridgehead atoms. The summed E-state index contributed by atoms with van der Waals surface area (Å²) < 4.78 is 37.8. The molecule has 1 heterocycles. The van der Waals surface area contributed by atoms with Crippen LogP contribution in [0.25, 0.3) is 0 Å². The summed E-state index contributed by atoms with van der Waals surface area (Å²) in [7, 11) is -0.867. The van der Waals surface area contributed by atoms with E-state index in [4.69, 9.17) is 21.1 Å². The van der Waals surface area contributed by atoms with E-state index in [2.05, 4.69) is 0 Å². The van der Waals surface area contributed by atoms with Gasteiger partial charge in [-0.25, -0.2) is 8.42 Å². The third-order valence-electron chi connectivity index (χ3n) is 4.44. The number of sulfonamides is 1. The van der Waals surface area contributed by atoms with Crippen LogP contribution in [-0.2, 0) is 23.0 Å². The normalized spacial score (nSPS) is 14.5. The van der Waals surface area contributed by atoms with E-state index < -0.39 is 20.6 Å². The Morgan fingerprint density at radius 1 is 1.11 bits per heavy atom. The fourth-order valence-electron chi connectivity index (χ4n) is 3.00. The lowest BCUT2D eigenvalue weighted by atomic mass is 10.0. The van der Waals surface area contributed by atoms with Gasteiger partial charge in [0.2, 0.25) is 10.0 Å². The molecule has 2 aromatic rings. The number of hydrogen-bond donors (Lipinski definition) is 0. The van der Waals surface area contributed by atoms with E-state index >= 15 is 0 Å². The van der Waals surface area contributed by atoms with Gasteiger partial charge in [0.25, 0.3) is 5.69 Å². The van der Waals surface area contributed by atoms with Crippen LogP contribution in [0.4, 0.5) is 5.69 Å². The highest BCUT2D eigenvalue weighted by atomic mass is 35.5. The van der Waals surface area contributed by atoms with E-state index in [1.54, 1.807) is 6.07 Å². The minimum Gasteiger partial charge on any atom is -0.493 e. The molecule has 1 aliphatic heterocycles. The second-order valence-electron chi connectivity index (χ2n) is 5.93. The molecule has 8 nitrogen and oxygen atoms in total. The molecule has 0 radical (unpaired) electrons. The van der Waals surface area contributed by atoms with Crippen LogP contribution in [0.2, 0.25) is 5.02 Å². The number of fused-ring (bicyclic) bond motifs is 1. The van der Waals surface area contributed by atoms with E-state index in [1.165, 1.54) is 30.7 Å². The van der Waals surface area contributed by atoms with Gasteiger partial charge in [-0.2, -0.15) is 4.31 Å². The molecule has 1 aliphatic rings. The number of nitro benzene ring substituents is 1. The fourth-order valence-corrected chi connectivity index (χ4v) is 4.63.